The van der Waals surface area contributed by atoms with Crippen LogP contribution in [0.25, 0.3) is 0 Å². The molecule has 0 amide bonds. The summed E-state index contributed by atoms with van der Waals surface area (Å²) in [6.45, 7) is 7.37. The summed E-state index contributed by atoms with van der Waals surface area (Å²) in [7, 11) is 0. The number of allylic oxidation sites excluding steroid dienone is 2. The smallest absolute Gasteiger partial charge is 0.311 e. The lowest BCUT2D eigenvalue weighted by molar-refractivity contribution is 0.302. The van der Waals surface area contributed by atoms with Gasteiger partial charge in [0.15, 0.2) is 0 Å². The van der Waals surface area contributed by atoms with Crippen molar-refractivity contribution in [2.75, 3.05) is 19.6 Å². The minimum Gasteiger partial charge on any atom is -0.311 e. The highest BCUT2D eigenvalue weighted by molar-refractivity contribution is 5.08. The largest absolute Gasteiger partial charge is 0.328 e. The van der Waals surface area contributed by atoms with Crippen LogP contribution >= 0.6 is 0 Å². The van der Waals surface area contributed by atoms with Crippen molar-refractivity contribution in [2.24, 2.45) is 11.8 Å². The van der Waals surface area contributed by atoms with E-state index in [1.165, 1.54) is 29.0 Å². The molecule has 0 unspecified atom stereocenters. The van der Waals surface area contributed by atoms with Gasteiger partial charge in [-0.25, -0.2) is 4.79 Å². The van der Waals surface area contributed by atoms with Gasteiger partial charge in [0, 0.05) is 37.9 Å². The summed E-state index contributed by atoms with van der Waals surface area (Å²) in [6.07, 6.45) is 4.74. The molecule has 0 bridgehead atoms. The van der Waals surface area contributed by atoms with Gasteiger partial charge in [0.05, 0.1) is 0 Å². The van der Waals surface area contributed by atoms with Crippen molar-refractivity contribution in [3.8, 4) is 0 Å². The molecule has 1 aliphatic carbocycles. The Morgan fingerprint density at radius 1 is 1.19 bits per heavy atom. The fourth-order valence-corrected chi connectivity index (χ4v) is 3.65. The quantitative estimate of drug-likeness (QED) is 0.849. The number of rotatable bonds is 3. The number of aromatic amines is 1. The van der Waals surface area contributed by atoms with Gasteiger partial charge in [-0.05, 0) is 38.5 Å². The molecule has 1 aromatic heterocycles. The first kappa shape index (κ1) is 14.3. The predicted octanol–water partition coefficient (Wildman–Crippen LogP) is 1.13. The highest BCUT2D eigenvalue weighted by Gasteiger charge is 2.33. The summed E-state index contributed by atoms with van der Waals surface area (Å²) in [5.74, 6) is 1.50. The Bertz CT molecular complexity index is 640. The fourth-order valence-electron chi connectivity index (χ4n) is 3.65. The standard InChI is InChI=1S/C16H23N3O2/c1-11-3-4-13-9-18(10-14(13)7-11)5-6-19-15(20)8-12(2)17-16(19)21/h3,8,13-14H,4-7,9-10H2,1-2H3,(H,17,21)/t13-,14+/m0/s1. The van der Waals surface area contributed by atoms with E-state index in [2.05, 4.69) is 22.9 Å². The molecule has 0 radical (unpaired) electrons. The molecule has 1 fully saturated rings. The first-order chi connectivity index (χ1) is 10.0. The van der Waals surface area contributed by atoms with E-state index in [1.807, 2.05) is 0 Å². The highest BCUT2D eigenvalue weighted by atomic mass is 16.2. The molecular weight excluding hydrogens is 266 g/mol. The van der Waals surface area contributed by atoms with E-state index in [9.17, 15) is 9.59 Å². The van der Waals surface area contributed by atoms with Crippen molar-refractivity contribution in [2.45, 2.75) is 33.2 Å². The normalized spacial score (nSPS) is 25.7. The minimum atomic E-state index is -0.297. The molecule has 1 saturated heterocycles. The van der Waals surface area contributed by atoms with E-state index in [1.54, 1.807) is 6.92 Å². The second-order valence-corrected chi connectivity index (χ2v) is 6.52. The number of nitrogens with zero attached hydrogens (tertiary/aromatic N) is 2. The molecule has 5 heteroatoms. The van der Waals surface area contributed by atoms with Crippen LogP contribution in [0.2, 0.25) is 0 Å². The first-order valence-electron chi connectivity index (χ1n) is 7.71. The average Bonchev–Trinajstić information content (AvgIpc) is 2.79. The number of hydrogen-bond donors (Lipinski definition) is 1. The van der Waals surface area contributed by atoms with E-state index in [-0.39, 0.29) is 11.2 Å². The van der Waals surface area contributed by atoms with Crippen molar-refractivity contribution < 1.29 is 0 Å². The highest BCUT2D eigenvalue weighted by Crippen LogP contribution is 2.35. The summed E-state index contributed by atoms with van der Waals surface area (Å²) < 4.78 is 1.30. The van der Waals surface area contributed by atoms with Gasteiger partial charge in [0.1, 0.15) is 0 Å². The molecule has 2 heterocycles. The number of nitrogens with one attached hydrogen (secondary N) is 1. The Morgan fingerprint density at radius 2 is 1.95 bits per heavy atom. The molecular formula is C16H23N3O2. The summed E-state index contributed by atoms with van der Waals surface area (Å²) in [4.78, 5) is 28.8. The zero-order chi connectivity index (χ0) is 15.0. The Hall–Kier alpha value is -1.62. The molecule has 5 nitrogen and oxygen atoms in total. The number of aromatic nitrogens is 2. The third-order valence-corrected chi connectivity index (χ3v) is 4.80. The van der Waals surface area contributed by atoms with Crippen molar-refractivity contribution in [3.05, 3.63) is 44.2 Å². The van der Waals surface area contributed by atoms with Gasteiger partial charge < -0.3 is 9.88 Å². The van der Waals surface area contributed by atoms with E-state index < -0.39 is 0 Å². The van der Waals surface area contributed by atoms with Crippen LogP contribution in [-0.4, -0.2) is 34.1 Å². The second kappa shape index (κ2) is 5.64. The molecule has 0 saturated carbocycles. The van der Waals surface area contributed by atoms with E-state index in [4.69, 9.17) is 0 Å². The van der Waals surface area contributed by atoms with Gasteiger partial charge in [-0.3, -0.25) is 9.36 Å². The van der Waals surface area contributed by atoms with Crippen molar-refractivity contribution in [3.63, 3.8) is 0 Å². The van der Waals surface area contributed by atoms with Crippen LogP contribution in [0.15, 0.2) is 27.3 Å². The number of likely N-dealkylation sites (tertiary alicyclic amines) is 1. The topological polar surface area (TPSA) is 58.1 Å². The van der Waals surface area contributed by atoms with Gasteiger partial charge in [-0.15, -0.1) is 0 Å². The Kier molecular flexibility index (Phi) is 3.85. The first-order valence-corrected chi connectivity index (χ1v) is 7.71. The zero-order valence-corrected chi connectivity index (χ0v) is 12.8. The lowest BCUT2D eigenvalue weighted by Crippen LogP contribution is -2.38. The Morgan fingerprint density at radius 3 is 2.71 bits per heavy atom. The fraction of sp³-hybridized carbons (Fsp3) is 0.625. The summed E-state index contributed by atoms with van der Waals surface area (Å²) >= 11 is 0. The molecule has 21 heavy (non-hydrogen) atoms. The number of hydrogen-bond acceptors (Lipinski definition) is 3. The maximum absolute atomic E-state index is 11.9. The lowest BCUT2D eigenvalue weighted by atomic mass is 9.83. The summed E-state index contributed by atoms with van der Waals surface area (Å²) in [5, 5.41) is 0. The Labute approximate surface area is 124 Å². The third-order valence-electron chi connectivity index (χ3n) is 4.80. The van der Waals surface area contributed by atoms with Crippen molar-refractivity contribution in [1.82, 2.24) is 14.5 Å². The molecule has 1 N–H and O–H groups in total. The number of H-pyrrole nitrogens is 1. The van der Waals surface area contributed by atoms with Gasteiger partial charge in [0.2, 0.25) is 0 Å². The molecule has 0 aromatic carbocycles. The maximum atomic E-state index is 11.9. The van der Waals surface area contributed by atoms with Crippen LogP contribution in [0, 0.1) is 18.8 Å². The van der Waals surface area contributed by atoms with Crippen LogP contribution in [0.5, 0.6) is 0 Å². The number of fused-ring (bicyclic) bond motifs is 1. The van der Waals surface area contributed by atoms with Crippen LogP contribution in [0.3, 0.4) is 0 Å². The summed E-state index contributed by atoms with van der Waals surface area (Å²) in [6, 6.07) is 1.48. The van der Waals surface area contributed by atoms with E-state index in [0.717, 1.165) is 31.5 Å². The molecule has 1 aliphatic heterocycles. The SMILES string of the molecule is CC1=CC[C@H]2CN(CCn3c(=O)cc(C)[nH]c3=O)C[C@H]2C1. The van der Waals surface area contributed by atoms with E-state index in [0.29, 0.717) is 12.2 Å². The zero-order valence-electron chi connectivity index (χ0n) is 12.8. The molecule has 2 atom stereocenters. The van der Waals surface area contributed by atoms with Crippen LogP contribution < -0.4 is 11.2 Å². The molecule has 0 spiro atoms. The van der Waals surface area contributed by atoms with Gasteiger partial charge in [0.25, 0.3) is 5.56 Å². The average molecular weight is 289 g/mol. The number of aryl methyl sites for hydroxylation is 1. The minimum absolute atomic E-state index is 0.203. The van der Waals surface area contributed by atoms with Crippen LogP contribution in [-0.2, 0) is 6.54 Å². The monoisotopic (exact) mass is 289 g/mol. The molecule has 2 aliphatic rings. The molecule has 3 rings (SSSR count). The Balaban J connectivity index is 1.63. The van der Waals surface area contributed by atoms with E-state index >= 15 is 0 Å². The predicted molar refractivity (Wildman–Crippen MR) is 82.5 cm³/mol. The van der Waals surface area contributed by atoms with Gasteiger partial charge in [-0.2, -0.15) is 0 Å². The molecule has 1 aromatic rings. The third kappa shape index (κ3) is 3.02. The second-order valence-electron chi connectivity index (χ2n) is 6.52. The summed E-state index contributed by atoms with van der Waals surface area (Å²) in [5.41, 5.74) is 1.62. The van der Waals surface area contributed by atoms with Gasteiger partial charge in [-0.1, -0.05) is 11.6 Å². The van der Waals surface area contributed by atoms with Crippen molar-refractivity contribution in [1.29, 1.82) is 0 Å². The van der Waals surface area contributed by atoms with Crippen LogP contribution in [0.1, 0.15) is 25.5 Å². The maximum Gasteiger partial charge on any atom is 0.328 e. The van der Waals surface area contributed by atoms with Crippen molar-refractivity contribution >= 4 is 0 Å². The molecule has 114 valence electrons. The van der Waals surface area contributed by atoms with Gasteiger partial charge >= 0.3 is 5.69 Å². The lowest BCUT2D eigenvalue weighted by Gasteiger charge is -2.22. The van der Waals surface area contributed by atoms with Crippen LogP contribution in [0.4, 0.5) is 0 Å².